The van der Waals surface area contributed by atoms with E-state index >= 15 is 0 Å². The first-order valence-corrected chi connectivity index (χ1v) is 5.70. The minimum atomic E-state index is -5.60. The number of rotatable bonds is 5. The zero-order chi connectivity index (χ0) is 13.1. The molecule has 0 spiro atoms. The minimum Gasteiger partial charge on any atom is -0.457 e. The third-order valence-corrected chi connectivity index (χ3v) is 2.62. The molecule has 0 heterocycles. The average molecular weight is 261 g/mol. The van der Waals surface area contributed by atoms with Crippen LogP contribution in [0, 0.1) is 5.92 Å². The molecule has 0 unspecified atom stereocenters. The monoisotopic (exact) mass is 261 g/mol. The molecule has 0 bridgehead atoms. The van der Waals surface area contributed by atoms with Crippen LogP contribution in [0.1, 0.15) is 13.8 Å². The highest BCUT2D eigenvalue weighted by Crippen LogP contribution is 2.20. The van der Waals surface area contributed by atoms with Gasteiger partial charge in [-0.3, -0.25) is 9.35 Å². The Labute approximate surface area is 91.5 Å². The highest BCUT2D eigenvalue weighted by Gasteiger charge is 2.45. The van der Waals surface area contributed by atoms with Crippen LogP contribution in [0.3, 0.4) is 0 Å². The molecule has 16 heavy (non-hydrogen) atoms. The second-order valence-electron chi connectivity index (χ2n) is 3.49. The molecular weight excluding hydrogens is 248 g/mol. The third kappa shape index (κ3) is 3.99. The molecule has 3 N–H and O–H groups in total. The summed E-state index contributed by atoms with van der Waals surface area (Å²) in [5.74, 6) is -1.50. The van der Waals surface area contributed by atoms with Crippen LogP contribution in [0.2, 0.25) is 0 Å². The van der Waals surface area contributed by atoms with E-state index in [2.05, 4.69) is 4.74 Å². The lowest BCUT2D eigenvalue weighted by Crippen LogP contribution is -2.41. The molecule has 9 heteroatoms. The Hall–Kier alpha value is -0.800. The van der Waals surface area contributed by atoms with Crippen molar-refractivity contribution >= 4 is 16.1 Å². The standard InChI is InChI=1S/C7H13F2NO5S/c1-4(2)5(10)6(11)15-3-7(8,9)16(12,13)14/h4-5H,3,10H2,1-2H3,(H,12,13,14)/t5-/m0/s1. The smallest absolute Gasteiger partial charge is 0.402 e. The summed E-state index contributed by atoms with van der Waals surface area (Å²) in [6.45, 7) is 1.37. The first-order valence-electron chi connectivity index (χ1n) is 4.26. The number of hydrogen-bond donors (Lipinski definition) is 2. The first-order chi connectivity index (χ1) is 6.99. The van der Waals surface area contributed by atoms with Crippen molar-refractivity contribution < 1.29 is 31.3 Å². The summed E-state index contributed by atoms with van der Waals surface area (Å²) in [6, 6.07) is -1.13. The van der Waals surface area contributed by atoms with Gasteiger partial charge in [0.1, 0.15) is 6.04 Å². The quantitative estimate of drug-likeness (QED) is 0.532. The third-order valence-electron chi connectivity index (χ3n) is 1.75. The summed E-state index contributed by atoms with van der Waals surface area (Å²) in [5.41, 5.74) is 5.27. The van der Waals surface area contributed by atoms with Gasteiger partial charge in [0.2, 0.25) is 0 Å². The van der Waals surface area contributed by atoms with Crippen molar-refractivity contribution in [2.75, 3.05) is 6.61 Å². The van der Waals surface area contributed by atoms with Crippen LogP contribution < -0.4 is 5.73 Å². The summed E-state index contributed by atoms with van der Waals surface area (Å²) < 4.78 is 57.6. The fraction of sp³-hybridized carbons (Fsp3) is 0.857. The summed E-state index contributed by atoms with van der Waals surface area (Å²) in [4.78, 5) is 11.0. The van der Waals surface area contributed by atoms with Crippen molar-refractivity contribution in [2.24, 2.45) is 11.7 Å². The van der Waals surface area contributed by atoms with Gasteiger partial charge in [-0.2, -0.15) is 17.2 Å². The van der Waals surface area contributed by atoms with Gasteiger partial charge >= 0.3 is 21.3 Å². The number of ether oxygens (including phenoxy) is 1. The molecule has 0 radical (unpaired) electrons. The Bertz CT molecular complexity index is 354. The molecular formula is C7H13F2NO5S. The number of alkyl halides is 2. The van der Waals surface area contributed by atoms with Gasteiger partial charge in [-0.15, -0.1) is 0 Å². The van der Waals surface area contributed by atoms with E-state index in [-0.39, 0.29) is 5.92 Å². The van der Waals surface area contributed by atoms with Gasteiger partial charge in [-0.25, -0.2) is 0 Å². The second kappa shape index (κ2) is 5.02. The Morgan fingerprint density at radius 2 is 1.94 bits per heavy atom. The number of esters is 1. The molecule has 0 saturated heterocycles. The molecule has 0 aliphatic rings. The van der Waals surface area contributed by atoms with Crippen LogP contribution in [0.5, 0.6) is 0 Å². The van der Waals surface area contributed by atoms with E-state index in [0.29, 0.717) is 0 Å². The highest BCUT2D eigenvalue weighted by molar-refractivity contribution is 7.86. The first kappa shape index (κ1) is 15.2. The van der Waals surface area contributed by atoms with Gasteiger partial charge in [-0.1, -0.05) is 13.8 Å². The molecule has 1 atom stereocenters. The molecule has 0 aliphatic heterocycles. The Balaban J connectivity index is 4.43. The fourth-order valence-corrected chi connectivity index (χ4v) is 0.806. The fourth-order valence-electron chi connectivity index (χ4n) is 0.598. The van der Waals surface area contributed by atoms with Crippen LogP contribution in [0.25, 0.3) is 0 Å². The molecule has 0 aliphatic carbocycles. The highest BCUT2D eigenvalue weighted by atomic mass is 32.2. The topological polar surface area (TPSA) is 107 Å². The normalized spacial score (nSPS) is 14.9. The summed E-state index contributed by atoms with van der Waals surface area (Å²) in [6.07, 6.45) is 0. The van der Waals surface area contributed by atoms with E-state index in [9.17, 15) is 22.0 Å². The summed E-state index contributed by atoms with van der Waals surface area (Å²) in [5, 5.41) is -4.53. The van der Waals surface area contributed by atoms with Gasteiger partial charge in [0, 0.05) is 0 Å². The lowest BCUT2D eigenvalue weighted by molar-refractivity contribution is -0.152. The largest absolute Gasteiger partial charge is 0.457 e. The number of nitrogens with two attached hydrogens (primary N) is 1. The Morgan fingerprint density at radius 3 is 2.25 bits per heavy atom. The van der Waals surface area contributed by atoms with E-state index in [1.807, 2.05) is 0 Å². The maximum Gasteiger partial charge on any atom is 0.402 e. The van der Waals surface area contributed by atoms with Crippen LogP contribution >= 0.6 is 0 Å². The van der Waals surface area contributed by atoms with Crippen molar-refractivity contribution in [2.45, 2.75) is 25.1 Å². The van der Waals surface area contributed by atoms with Gasteiger partial charge in [0.15, 0.2) is 6.61 Å². The minimum absolute atomic E-state index is 0.341. The number of carbonyl (C=O) groups is 1. The van der Waals surface area contributed by atoms with Crippen molar-refractivity contribution in [1.29, 1.82) is 0 Å². The van der Waals surface area contributed by atoms with Gasteiger partial charge in [0.05, 0.1) is 0 Å². The molecule has 96 valence electrons. The maximum absolute atomic E-state index is 12.6. The number of hydrogen-bond acceptors (Lipinski definition) is 5. The molecule has 0 aromatic rings. The summed E-state index contributed by atoms with van der Waals surface area (Å²) >= 11 is 0. The average Bonchev–Trinajstić information content (AvgIpc) is 2.11. The molecule has 0 fully saturated rings. The van der Waals surface area contributed by atoms with Crippen LogP contribution in [-0.2, 0) is 19.6 Å². The molecule has 0 aromatic carbocycles. The van der Waals surface area contributed by atoms with Crippen molar-refractivity contribution in [3.63, 3.8) is 0 Å². The summed E-state index contributed by atoms with van der Waals surface area (Å²) in [7, 11) is -5.60. The van der Waals surface area contributed by atoms with Crippen molar-refractivity contribution in [1.82, 2.24) is 0 Å². The van der Waals surface area contributed by atoms with E-state index in [4.69, 9.17) is 10.3 Å². The SMILES string of the molecule is CC(C)[C@H](N)C(=O)OCC(F)(F)S(=O)(=O)O. The predicted molar refractivity (Wildman–Crippen MR) is 50.3 cm³/mol. The molecule has 0 aromatic heterocycles. The van der Waals surface area contributed by atoms with E-state index in [1.165, 1.54) is 0 Å². The van der Waals surface area contributed by atoms with Crippen LogP contribution in [0.4, 0.5) is 8.78 Å². The second-order valence-corrected chi connectivity index (χ2v) is 5.04. The Kier molecular flexibility index (Phi) is 4.77. The zero-order valence-electron chi connectivity index (χ0n) is 8.68. The van der Waals surface area contributed by atoms with Crippen molar-refractivity contribution in [3.8, 4) is 0 Å². The van der Waals surface area contributed by atoms with Crippen LogP contribution in [-0.4, -0.2) is 36.8 Å². The Morgan fingerprint density at radius 1 is 1.50 bits per heavy atom. The maximum atomic E-state index is 12.6. The van der Waals surface area contributed by atoms with Crippen molar-refractivity contribution in [3.05, 3.63) is 0 Å². The lowest BCUT2D eigenvalue weighted by atomic mass is 10.1. The van der Waals surface area contributed by atoms with Gasteiger partial charge in [0.25, 0.3) is 0 Å². The van der Waals surface area contributed by atoms with Crippen LogP contribution in [0.15, 0.2) is 0 Å². The lowest BCUT2D eigenvalue weighted by Gasteiger charge is -2.17. The zero-order valence-corrected chi connectivity index (χ0v) is 9.50. The van der Waals surface area contributed by atoms with Gasteiger partial charge < -0.3 is 10.5 Å². The van der Waals surface area contributed by atoms with E-state index in [0.717, 1.165) is 0 Å². The van der Waals surface area contributed by atoms with E-state index in [1.54, 1.807) is 13.8 Å². The molecule has 6 nitrogen and oxygen atoms in total. The van der Waals surface area contributed by atoms with E-state index < -0.39 is 34.0 Å². The number of halogens is 2. The molecule has 0 rings (SSSR count). The number of carbonyl (C=O) groups excluding carboxylic acids is 1. The molecule has 0 saturated carbocycles. The molecule has 0 amide bonds. The van der Waals surface area contributed by atoms with Gasteiger partial charge in [-0.05, 0) is 5.92 Å². The predicted octanol–water partition coefficient (Wildman–Crippen LogP) is -0.00650.